The van der Waals surface area contributed by atoms with Gasteiger partial charge in [0.15, 0.2) is 0 Å². The van der Waals surface area contributed by atoms with Gasteiger partial charge in [0.25, 0.3) is 0 Å². The average Bonchev–Trinajstić information content (AvgIpc) is 2.39. The molecule has 0 aliphatic rings. The minimum Gasteiger partial charge on any atom is -0.506 e. The SMILES string of the molecule is CN/C=C(\C(Cl)=C(/C)SC)c1cc(O)c(Cl)cc1Cl. The maximum atomic E-state index is 9.72. The maximum Gasteiger partial charge on any atom is 0.134 e. The summed E-state index contributed by atoms with van der Waals surface area (Å²) in [6.07, 6.45) is 3.67. The summed E-state index contributed by atoms with van der Waals surface area (Å²) in [5.74, 6) is -0.0330. The van der Waals surface area contributed by atoms with Gasteiger partial charge in [0.2, 0.25) is 0 Å². The van der Waals surface area contributed by atoms with Crippen molar-refractivity contribution < 1.29 is 5.11 Å². The molecule has 0 bridgehead atoms. The molecule has 0 saturated heterocycles. The monoisotopic (exact) mass is 337 g/mol. The van der Waals surface area contributed by atoms with Crippen LogP contribution in [0.5, 0.6) is 5.75 Å². The third kappa shape index (κ3) is 3.99. The lowest BCUT2D eigenvalue weighted by molar-refractivity contribution is 0.475. The fourth-order valence-corrected chi connectivity index (χ4v) is 2.59. The highest BCUT2D eigenvalue weighted by Crippen LogP contribution is 2.39. The van der Waals surface area contributed by atoms with Crippen molar-refractivity contribution in [3.8, 4) is 5.75 Å². The number of phenols is 1. The quantitative estimate of drug-likeness (QED) is 0.750. The zero-order valence-corrected chi connectivity index (χ0v) is 13.8. The topological polar surface area (TPSA) is 32.3 Å². The molecule has 0 aliphatic heterocycles. The normalized spacial score (nSPS) is 13.3. The smallest absolute Gasteiger partial charge is 0.134 e. The largest absolute Gasteiger partial charge is 0.506 e. The van der Waals surface area contributed by atoms with Crippen LogP contribution in [0.25, 0.3) is 5.57 Å². The molecular formula is C13H14Cl3NOS. The first-order valence-electron chi connectivity index (χ1n) is 5.38. The van der Waals surface area contributed by atoms with Gasteiger partial charge in [-0.25, -0.2) is 0 Å². The zero-order chi connectivity index (χ0) is 14.6. The van der Waals surface area contributed by atoms with Crippen LogP contribution in [-0.4, -0.2) is 18.4 Å². The summed E-state index contributed by atoms with van der Waals surface area (Å²) in [6.45, 7) is 1.92. The van der Waals surface area contributed by atoms with E-state index in [0.29, 0.717) is 21.2 Å². The van der Waals surface area contributed by atoms with Crippen LogP contribution in [0.15, 0.2) is 28.3 Å². The molecule has 0 atom stereocenters. The van der Waals surface area contributed by atoms with Crippen LogP contribution in [0, 0.1) is 0 Å². The number of hydrogen-bond donors (Lipinski definition) is 2. The summed E-state index contributed by atoms with van der Waals surface area (Å²) in [5.41, 5.74) is 1.32. The second kappa shape index (κ2) is 7.34. The summed E-state index contributed by atoms with van der Waals surface area (Å²) in [4.78, 5) is 0.952. The highest BCUT2D eigenvalue weighted by atomic mass is 35.5. The fourth-order valence-electron chi connectivity index (χ4n) is 1.43. The third-order valence-electron chi connectivity index (χ3n) is 2.47. The predicted molar refractivity (Wildman–Crippen MR) is 87.2 cm³/mol. The molecule has 0 amide bonds. The van der Waals surface area contributed by atoms with E-state index in [0.717, 1.165) is 4.91 Å². The summed E-state index contributed by atoms with van der Waals surface area (Å²) in [5, 5.41) is 13.9. The van der Waals surface area contributed by atoms with Crippen LogP contribution >= 0.6 is 46.6 Å². The van der Waals surface area contributed by atoms with Gasteiger partial charge >= 0.3 is 0 Å². The van der Waals surface area contributed by atoms with E-state index in [1.54, 1.807) is 25.0 Å². The van der Waals surface area contributed by atoms with Gasteiger partial charge in [-0.1, -0.05) is 34.8 Å². The standard InChI is InChI=1S/C13H14Cl3NOS/c1-7(19-3)13(16)9(6-17-2)8-4-12(18)11(15)5-10(8)14/h4-6,17-18H,1-3H3/b9-6-,13-7-. The van der Waals surface area contributed by atoms with Gasteiger partial charge in [-0.3, -0.25) is 0 Å². The molecule has 104 valence electrons. The number of thioether (sulfide) groups is 1. The minimum atomic E-state index is -0.0330. The summed E-state index contributed by atoms with van der Waals surface area (Å²) in [7, 11) is 1.77. The Balaban J connectivity index is 3.45. The van der Waals surface area contributed by atoms with Gasteiger partial charge in [-0.2, -0.15) is 0 Å². The molecule has 2 N–H and O–H groups in total. The Labute approximate surface area is 132 Å². The van der Waals surface area contributed by atoms with Crippen molar-refractivity contribution in [2.75, 3.05) is 13.3 Å². The lowest BCUT2D eigenvalue weighted by Crippen LogP contribution is -1.98. The van der Waals surface area contributed by atoms with Crippen molar-refractivity contribution >= 4 is 52.1 Å². The maximum absolute atomic E-state index is 9.72. The summed E-state index contributed by atoms with van der Waals surface area (Å²) in [6, 6.07) is 3.00. The average molecular weight is 339 g/mol. The van der Waals surface area contributed by atoms with Gasteiger partial charge in [0.05, 0.1) is 15.1 Å². The Bertz CT molecular complexity index is 541. The second-order valence-electron chi connectivity index (χ2n) is 3.70. The first-order valence-corrected chi connectivity index (χ1v) is 7.74. The van der Waals surface area contributed by atoms with E-state index in [2.05, 4.69) is 5.32 Å². The molecule has 0 unspecified atom stereocenters. The molecule has 0 saturated carbocycles. The van der Waals surface area contributed by atoms with E-state index < -0.39 is 0 Å². The Kier molecular flexibility index (Phi) is 6.40. The predicted octanol–water partition coefficient (Wildman–Crippen LogP) is 5.09. The highest BCUT2D eigenvalue weighted by molar-refractivity contribution is 8.02. The Morgan fingerprint density at radius 3 is 2.47 bits per heavy atom. The summed E-state index contributed by atoms with van der Waals surface area (Å²) >= 11 is 19.9. The van der Waals surface area contributed by atoms with Crippen molar-refractivity contribution in [2.24, 2.45) is 0 Å². The molecule has 1 aromatic carbocycles. The van der Waals surface area contributed by atoms with Gasteiger partial charge in [0.1, 0.15) is 5.75 Å². The molecule has 19 heavy (non-hydrogen) atoms. The van der Waals surface area contributed by atoms with E-state index in [9.17, 15) is 5.11 Å². The van der Waals surface area contributed by atoms with Gasteiger partial charge < -0.3 is 10.4 Å². The number of aromatic hydroxyl groups is 1. The molecule has 0 aromatic heterocycles. The molecule has 0 aliphatic carbocycles. The number of nitrogens with one attached hydrogen (secondary N) is 1. The number of rotatable bonds is 4. The van der Waals surface area contributed by atoms with E-state index in [1.165, 1.54) is 12.1 Å². The van der Waals surface area contributed by atoms with Crippen LogP contribution in [0.3, 0.4) is 0 Å². The van der Waals surface area contributed by atoms with Crippen molar-refractivity contribution in [1.82, 2.24) is 5.32 Å². The first-order chi connectivity index (χ1) is 8.92. The van der Waals surface area contributed by atoms with E-state index in [1.807, 2.05) is 13.2 Å². The van der Waals surface area contributed by atoms with Crippen LogP contribution in [-0.2, 0) is 0 Å². The van der Waals surface area contributed by atoms with Gasteiger partial charge in [-0.15, -0.1) is 11.8 Å². The number of halogens is 3. The zero-order valence-electron chi connectivity index (χ0n) is 10.7. The molecule has 2 nitrogen and oxygen atoms in total. The molecule has 0 radical (unpaired) electrons. The lowest BCUT2D eigenvalue weighted by atomic mass is 10.1. The van der Waals surface area contributed by atoms with E-state index >= 15 is 0 Å². The first kappa shape index (κ1) is 16.6. The summed E-state index contributed by atoms with van der Waals surface area (Å²) < 4.78 is 0. The molecule has 6 heteroatoms. The second-order valence-corrected chi connectivity index (χ2v) is 5.92. The van der Waals surface area contributed by atoms with Crippen molar-refractivity contribution in [3.63, 3.8) is 0 Å². The van der Waals surface area contributed by atoms with Gasteiger partial charge in [0, 0.05) is 29.3 Å². The number of allylic oxidation sites excluding steroid dienone is 3. The molecule has 1 rings (SSSR count). The van der Waals surface area contributed by atoms with Crippen molar-refractivity contribution in [1.29, 1.82) is 0 Å². The van der Waals surface area contributed by atoms with Crippen LogP contribution in [0.2, 0.25) is 10.0 Å². The van der Waals surface area contributed by atoms with Crippen LogP contribution in [0.4, 0.5) is 0 Å². The third-order valence-corrected chi connectivity index (χ3v) is 4.50. The van der Waals surface area contributed by atoms with Crippen LogP contribution in [0.1, 0.15) is 12.5 Å². The fraction of sp³-hybridized carbons (Fsp3) is 0.231. The molecule has 0 fully saturated rings. The molecule has 0 spiro atoms. The number of hydrogen-bond acceptors (Lipinski definition) is 3. The van der Waals surface area contributed by atoms with Gasteiger partial charge in [-0.05, 0) is 25.3 Å². The van der Waals surface area contributed by atoms with Crippen molar-refractivity contribution in [2.45, 2.75) is 6.92 Å². The Hall–Kier alpha value is -0.480. The molecular weight excluding hydrogens is 325 g/mol. The Morgan fingerprint density at radius 2 is 1.95 bits per heavy atom. The minimum absolute atomic E-state index is 0.0330. The van der Waals surface area contributed by atoms with Crippen molar-refractivity contribution in [3.05, 3.63) is 43.9 Å². The molecule has 0 heterocycles. The number of phenolic OH excluding ortho intramolecular Hbond substituents is 1. The van der Waals surface area contributed by atoms with E-state index in [4.69, 9.17) is 34.8 Å². The van der Waals surface area contributed by atoms with Crippen LogP contribution < -0.4 is 5.32 Å². The Morgan fingerprint density at radius 1 is 1.32 bits per heavy atom. The van der Waals surface area contributed by atoms with E-state index in [-0.39, 0.29) is 10.8 Å². The molecule has 1 aromatic rings. The number of benzene rings is 1. The highest BCUT2D eigenvalue weighted by Gasteiger charge is 2.15. The lowest BCUT2D eigenvalue weighted by Gasteiger charge is -2.12.